The van der Waals surface area contributed by atoms with Gasteiger partial charge < -0.3 is 28.8 Å². The smallest absolute Gasteiger partial charge is 0.268 e. The van der Waals surface area contributed by atoms with Crippen molar-refractivity contribution in [2.24, 2.45) is 0 Å². The fraction of sp³-hybridized carbons (Fsp3) is 0.906. The Hall–Kier alpha value is -1.02. The minimum Gasteiger partial charge on any atom is -0.756 e. The molecule has 0 aromatic carbocycles. The minimum absolute atomic E-state index is 0.00428. The summed E-state index contributed by atoms with van der Waals surface area (Å²) in [5.74, 6) is -0.204. The van der Waals surface area contributed by atoms with Crippen LogP contribution in [0.2, 0.25) is 0 Å². The average molecular weight is 897 g/mol. The number of phosphoric ester groups is 1. The first-order chi connectivity index (χ1) is 30.0. The Morgan fingerprint density at radius 2 is 0.903 bits per heavy atom. The SMILES string of the molecule is CCCCCCC/C=C/CC/C=C/C(O)C(COP(=O)([O-])OCC[N+](C)(C)C)NC(=O)CCCCCCCCCCCCCCCCCCCCCCCCCCCCCCC. The fourth-order valence-corrected chi connectivity index (χ4v) is 8.66. The molecule has 0 rings (SSSR count). The second-order valence-electron chi connectivity index (χ2n) is 19.6. The highest BCUT2D eigenvalue weighted by Crippen LogP contribution is 2.38. The second-order valence-corrected chi connectivity index (χ2v) is 21.0. The lowest BCUT2D eigenvalue weighted by Crippen LogP contribution is -2.45. The molecule has 9 heteroatoms. The number of allylic oxidation sites excluding steroid dienone is 3. The molecule has 0 bridgehead atoms. The van der Waals surface area contributed by atoms with E-state index in [4.69, 9.17) is 9.05 Å². The quantitative estimate of drug-likeness (QED) is 0.0273. The largest absolute Gasteiger partial charge is 0.756 e. The van der Waals surface area contributed by atoms with E-state index in [2.05, 4.69) is 31.3 Å². The number of unbranched alkanes of at least 4 members (excludes halogenated alkanes) is 34. The summed E-state index contributed by atoms with van der Waals surface area (Å²) in [5, 5.41) is 13.8. The van der Waals surface area contributed by atoms with Crippen molar-refractivity contribution in [1.82, 2.24) is 5.32 Å². The molecular weight excluding hydrogens is 792 g/mol. The topological polar surface area (TPSA) is 108 Å². The summed E-state index contributed by atoms with van der Waals surface area (Å²) in [6, 6.07) is -0.898. The molecule has 0 aromatic heterocycles. The predicted molar refractivity (Wildman–Crippen MR) is 265 cm³/mol. The van der Waals surface area contributed by atoms with E-state index in [1.165, 1.54) is 199 Å². The minimum atomic E-state index is -4.59. The molecule has 0 aliphatic rings. The van der Waals surface area contributed by atoms with Crippen molar-refractivity contribution in [1.29, 1.82) is 0 Å². The van der Waals surface area contributed by atoms with E-state index in [-0.39, 0.29) is 19.1 Å². The Balaban J connectivity index is 4.03. The standard InChI is InChI=1S/C53H105N2O6P/c1-6-8-10-12-14-16-18-19-20-21-22-23-24-25-26-27-28-29-30-31-32-33-34-35-37-39-41-43-45-47-53(57)54-51(50-61-62(58,59)60-49-48-55(3,4)5)52(56)46-44-42-40-38-36-17-15-13-11-9-7-2/h36,38,44,46,51-52,56H,6-35,37,39-43,45,47-50H2,1-5H3,(H-,54,57,58,59)/b38-36+,46-44+. The molecule has 0 aliphatic carbocycles. The van der Waals surface area contributed by atoms with Crippen LogP contribution < -0.4 is 10.2 Å². The van der Waals surface area contributed by atoms with Crippen LogP contribution in [-0.2, 0) is 18.4 Å². The van der Waals surface area contributed by atoms with Crippen LogP contribution in [0.3, 0.4) is 0 Å². The lowest BCUT2D eigenvalue weighted by atomic mass is 10.0. The van der Waals surface area contributed by atoms with E-state index in [0.29, 0.717) is 17.4 Å². The second kappa shape index (κ2) is 45.1. The van der Waals surface area contributed by atoms with Gasteiger partial charge in [-0.15, -0.1) is 0 Å². The van der Waals surface area contributed by atoms with Gasteiger partial charge >= 0.3 is 0 Å². The van der Waals surface area contributed by atoms with E-state index in [9.17, 15) is 19.4 Å². The number of nitrogens with zero attached hydrogens (tertiary/aromatic N) is 1. The van der Waals surface area contributed by atoms with Gasteiger partial charge in [0.25, 0.3) is 7.82 Å². The van der Waals surface area contributed by atoms with Gasteiger partial charge in [0.15, 0.2) is 0 Å². The number of nitrogens with one attached hydrogen (secondary N) is 1. The van der Waals surface area contributed by atoms with Gasteiger partial charge in [-0.3, -0.25) is 9.36 Å². The van der Waals surface area contributed by atoms with Gasteiger partial charge in [-0.05, 0) is 32.1 Å². The molecule has 3 unspecified atom stereocenters. The number of hydrogen-bond acceptors (Lipinski definition) is 6. The van der Waals surface area contributed by atoms with Crippen molar-refractivity contribution in [2.45, 2.75) is 270 Å². The lowest BCUT2D eigenvalue weighted by Gasteiger charge is -2.29. The van der Waals surface area contributed by atoms with Gasteiger partial charge in [-0.25, -0.2) is 0 Å². The number of carbonyl (C=O) groups is 1. The molecule has 0 saturated heterocycles. The third kappa shape index (κ3) is 47.0. The van der Waals surface area contributed by atoms with Crippen LogP contribution in [0.5, 0.6) is 0 Å². The Morgan fingerprint density at radius 3 is 1.31 bits per heavy atom. The third-order valence-corrected chi connectivity index (χ3v) is 13.1. The van der Waals surface area contributed by atoms with Crippen LogP contribution in [0.25, 0.3) is 0 Å². The van der Waals surface area contributed by atoms with E-state index in [1.54, 1.807) is 6.08 Å². The maximum atomic E-state index is 12.9. The van der Waals surface area contributed by atoms with Crippen LogP contribution in [0.4, 0.5) is 0 Å². The number of rotatable bonds is 49. The summed E-state index contributed by atoms with van der Waals surface area (Å²) in [6.07, 6.45) is 55.6. The normalized spacial score (nSPS) is 14.2. The molecule has 0 aromatic rings. The fourth-order valence-electron chi connectivity index (χ4n) is 7.94. The summed E-state index contributed by atoms with van der Waals surface area (Å²) in [6.45, 7) is 4.62. The zero-order valence-electron chi connectivity index (χ0n) is 41.8. The summed E-state index contributed by atoms with van der Waals surface area (Å²) in [4.78, 5) is 25.3. The molecular formula is C53H105N2O6P. The number of carbonyl (C=O) groups excluding carboxylic acids is 1. The van der Waals surface area contributed by atoms with Gasteiger partial charge in [-0.2, -0.15) is 0 Å². The van der Waals surface area contributed by atoms with Gasteiger partial charge in [-0.1, -0.05) is 244 Å². The van der Waals surface area contributed by atoms with Crippen LogP contribution in [-0.4, -0.2) is 68.5 Å². The Kier molecular flexibility index (Phi) is 44.4. The first kappa shape index (κ1) is 61.0. The molecule has 0 fully saturated rings. The number of quaternary nitrogens is 1. The van der Waals surface area contributed by atoms with Crippen molar-refractivity contribution in [3.63, 3.8) is 0 Å². The molecule has 3 atom stereocenters. The molecule has 0 spiro atoms. The molecule has 8 nitrogen and oxygen atoms in total. The van der Waals surface area contributed by atoms with E-state index in [0.717, 1.165) is 38.5 Å². The van der Waals surface area contributed by atoms with E-state index < -0.39 is 20.0 Å². The van der Waals surface area contributed by atoms with Crippen molar-refractivity contribution < 1.29 is 32.9 Å². The molecule has 0 aliphatic heterocycles. The zero-order valence-corrected chi connectivity index (χ0v) is 42.7. The summed E-state index contributed by atoms with van der Waals surface area (Å²) in [7, 11) is 1.25. The first-order valence-electron chi connectivity index (χ1n) is 26.7. The monoisotopic (exact) mass is 897 g/mol. The molecule has 368 valence electrons. The van der Waals surface area contributed by atoms with E-state index in [1.807, 2.05) is 27.2 Å². The number of hydrogen-bond donors (Lipinski definition) is 2. The van der Waals surface area contributed by atoms with Crippen molar-refractivity contribution >= 4 is 13.7 Å². The lowest BCUT2D eigenvalue weighted by molar-refractivity contribution is -0.870. The Morgan fingerprint density at radius 1 is 0.548 bits per heavy atom. The Labute approximate surface area is 385 Å². The third-order valence-electron chi connectivity index (χ3n) is 12.2. The van der Waals surface area contributed by atoms with Crippen molar-refractivity contribution in [3.8, 4) is 0 Å². The highest BCUT2D eigenvalue weighted by atomic mass is 31.2. The van der Waals surface area contributed by atoms with E-state index >= 15 is 0 Å². The highest BCUT2D eigenvalue weighted by Gasteiger charge is 2.23. The number of aliphatic hydroxyl groups excluding tert-OH is 1. The molecule has 2 N–H and O–H groups in total. The van der Waals surface area contributed by atoms with Crippen molar-refractivity contribution in [3.05, 3.63) is 24.3 Å². The zero-order chi connectivity index (χ0) is 45.7. The van der Waals surface area contributed by atoms with Gasteiger partial charge in [0.05, 0.1) is 39.9 Å². The van der Waals surface area contributed by atoms with Crippen LogP contribution in [0, 0.1) is 0 Å². The summed E-state index contributed by atoms with van der Waals surface area (Å²) >= 11 is 0. The first-order valence-corrected chi connectivity index (χ1v) is 28.2. The van der Waals surface area contributed by atoms with Gasteiger partial charge in [0.1, 0.15) is 13.2 Å². The van der Waals surface area contributed by atoms with Gasteiger partial charge in [0.2, 0.25) is 5.91 Å². The van der Waals surface area contributed by atoms with Crippen molar-refractivity contribution in [2.75, 3.05) is 40.9 Å². The van der Waals surface area contributed by atoms with Gasteiger partial charge in [0, 0.05) is 6.42 Å². The predicted octanol–water partition coefficient (Wildman–Crippen LogP) is 15.0. The van der Waals surface area contributed by atoms with Crippen LogP contribution >= 0.6 is 7.82 Å². The summed E-state index contributed by atoms with van der Waals surface area (Å²) < 4.78 is 23.2. The van der Waals surface area contributed by atoms with Crippen LogP contribution in [0.1, 0.15) is 258 Å². The average Bonchev–Trinajstić information content (AvgIpc) is 3.23. The molecule has 0 radical (unpaired) electrons. The number of amides is 1. The molecule has 0 saturated carbocycles. The van der Waals surface area contributed by atoms with Crippen LogP contribution in [0.15, 0.2) is 24.3 Å². The molecule has 0 heterocycles. The maximum absolute atomic E-state index is 12.9. The highest BCUT2D eigenvalue weighted by molar-refractivity contribution is 7.45. The molecule has 1 amide bonds. The number of likely N-dealkylation sites (N-methyl/N-ethyl adjacent to an activating group) is 1. The Bertz CT molecular complexity index is 1060. The maximum Gasteiger partial charge on any atom is 0.268 e. The number of phosphoric acid groups is 1. The molecule has 62 heavy (non-hydrogen) atoms. The summed E-state index contributed by atoms with van der Waals surface area (Å²) in [5.41, 5.74) is 0. The number of aliphatic hydroxyl groups is 1.